The summed E-state index contributed by atoms with van der Waals surface area (Å²) in [7, 11) is 0. The Kier molecular flexibility index (Phi) is 9.15. The summed E-state index contributed by atoms with van der Waals surface area (Å²) in [6, 6.07) is 7.65. The van der Waals surface area contributed by atoms with E-state index in [0.29, 0.717) is 48.2 Å². The molecule has 1 aromatic carbocycles. The van der Waals surface area contributed by atoms with E-state index < -0.39 is 35.3 Å². The van der Waals surface area contributed by atoms with Crippen molar-refractivity contribution in [2.75, 3.05) is 47.9 Å². The molecule has 1 saturated carbocycles. The van der Waals surface area contributed by atoms with E-state index in [1.807, 2.05) is 18.2 Å². The summed E-state index contributed by atoms with van der Waals surface area (Å²) in [4.78, 5) is 64.9. The van der Waals surface area contributed by atoms with Gasteiger partial charge in [0.05, 0.1) is 30.5 Å². The standard InChI is InChI=1S/C41H45F2N11O5S/c42-35(43)34-30(45-39(57)33-36-44-10-1-11-52(36)48-37(33)51-18-27-13-26(51)20-59-27)19-53(47-34)22-4-2-21(3-5-22)15-49-16-25-12-24(49)17-50(25)23-6-7-28-29(14-23)40(58)54(41(28)60)31-8-9-32(55)46-38(31)56/h1,6-7,10-11,14,19,21-22,24-27,31,35,41,60H,2-5,8-9,12-13,15-18,20H2,(H,45,57)(H,46,55,56)/t21?,22?,24-,25-,26+,27+,31-,41-/m0/s1. The first-order valence-corrected chi connectivity index (χ1v) is 21.5. The van der Waals surface area contributed by atoms with E-state index >= 15 is 0 Å². The lowest BCUT2D eigenvalue weighted by atomic mass is 9.85. The lowest BCUT2D eigenvalue weighted by molar-refractivity contribution is -0.137. The fourth-order valence-corrected chi connectivity index (χ4v) is 11.5. The molecule has 9 heterocycles. The number of amides is 4. The van der Waals surface area contributed by atoms with Gasteiger partial charge in [-0.1, -0.05) is 6.07 Å². The second-order valence-electron chi connectivity index (χ2n) is 17.4. The van der Waals surface area contributed by atoms with Gasteiger partial charge in [0.1, 0.15) is 17.0 Å². The van der Waals surface area contributed by atoms with Crippen LogP contribution in [-0.4, -0.2) is 121 Å². The van der Waals surface area contributed by atoms with E-state index in [2.05, 4.69) is 40.5 Å². The number of imide groups is 1. The second-order valence-corrected chi connectivity index (χ2v) is 17.9. The van der Waals surface area contributed by atoms with Gasteiger partial charge in [-0.15, -0.1) is 17.7 Å². The van der Waals surface area contributed by atoms with E-state index in [9.17, 15) is 28.0 Å². The molecule has 19 heteroatoms. The zero-order valence-electron chi connectivity index (χ0n) is 32.7. The number of fused-ring (bicyclic) bond motifs is 6. The molecular weight excluding hydrogens is 797 g/mol. The van der Waals surface area contributed by atoms with Crippen LogP contribution in [0.3, 0.4) is 0 Å². The van der Waals surface area contributed by atoms with Crippen molar-refractivity contribution in [1.29, 1.82) is 0 Å². The molecule has 6 aliphatic heterocycles. The molecule has 16 nitrogen and oxygen atoms in total. The van der Waals surface area contributed by atoms with Crippen molar-refractivity contribution in [3.8, 4) is 0 Å². The molecule has 3 aromatic heterocycles. The number of hydrogen-bond donors (Lipinski definition) is 3. The average Bonchev–Trinajstić information content (AvgIpc) is 4.12. The summed E-state index contributed by atoms with van der Waals surface area (Å²) >= 11 is 4.72. The van der Waals surface area contributed by atoms with E-state index in [0.717, 1.165) is 69.4 Å². The molecule has 0 radical (unpaired) electrons. The molecule has 6 atom stereocenters. The number of carbonyl (C=O) groups excluding carboxylic acids is 4. The number of halogens is 2. The molecule has 60 heavy (non-hydrogen) atoms. The van der Waals surface area contributed by atoms with Crippen molar-refractivity contribution < 1.29 is 32.7 Å². The third kappa shape index (κ3) is 6.25. The molecule has 0 unspecified atom stereocenters. The maximum atomic E-state index is 14.5. The number of morpholine rings is 1. The van der Waals surface area contributed by atoms with Gasteiger partial charge in [0, 0.05) is 74.5 Å². The summed E-state index contributed by atoms with van der Waals surface area (Å²) in [6.45, 7) is 3.89. The fraction of sp³-hybridized carbons (Fsp3) is 0.537. The van der Waals surface area contributed by atoms with Crippen molar-refractivity contribution in [3.05, 3.63) is 65.2 Å². The minimum absolute atomic E-state index is 0.00732. The van der Waals surface area contributed by atoms with Crippen LogP contribution < -0.4 is 20.4 Å². The maximum Gasteiger partial charge on any atom is 0.284 e. The van der Waals surface area contributed by atoms with E-state index in [4.69, 9.17) is 17.4 Å². The molecule has 1 aliphatic carbocycles. The SMILES string of the molecule is O=C1CC[C@H](N2C(=O)c3cc(N4C[C@@H]5C[C@H]4CN5CC4CCC(n5cc(NC(=O)c6c(N7C[C@H]8C[C@@H]7CO8)nn7cccnc67)c(C(F)F)n5)CC4)ccc3[C@@H]2S)C(=O)N1. The van der Waals surface area contributed by atoms with Gasteiger partial charge in [0.2, 0.25) is 11.8 Å². The first kappa shape index (κ1) is 37.8. The number of thiol groups is 1. The van der Waals surface area contributed by atoms with Crippen molar-refractivity contribution in [1.82, 2.24) is 39.5 Å². The molecule has 314 valence electrons. The zero-order chi connectivity index (χ0) is 41.0. The highest BCUT2D eigenvalue weighted by molar-refractivity contribution is 7.80. The number of anilines is 3. The minimum Gasteiger partial charge on any atom is -0.374 e. The molecule has 11 rings (SSSR count). The monoisotopic (exact) mass is 841 g/mol. The lowest BCUT2D eigenvalue weighted by Crippen LogP contribution is -2.53. The van der Waals surface area contributed by atoms with Crippen LogP contribution in [0.15, 0.2) is 42.9 Å². The number of nitrogens with one attached hydrogen (secondary N) is 2. The molecule has 7 aliphatic rings. The molecule has 4 bridgehead atoms. The van der Waals surface area contributed by atoms with Gasteiger partial charge in [-0.05, 0) is 74.6 Å². The molecule has 0 spiro atoms. The number of carbonyl (C=O) groups is 4. The largest absolute Gasteiger partial charge is 0.374 e. The van der Waals surface area contributed by atoms with Gasteiger partial charge >= 0.3 is 0 Å². The average molecular weight is 842 g/mol. The molecule has 4 amide bonds. The zero-order valence-corrected chi connectivity index (χ0v) is 33.6. The number of piperazine rings is 1. The van der Waals surface area contributed by atoms with Crippen LogP contribution in [0.5, 0.6) is 0 Å². The Labute approximate surface area is 349 Å². The third-order valence-electron chi connectivity index (χ3n) is 13.9. The lowest BCUT2D eigenvalue weighted by Gasteiger charge is -2.38. The number of hydrogen-bond acceptors (Lipinski definition) is 12. The van der Waals surface area contributed by atoms with E-state index in [-0.39, 0.29) is 54.1 Å². The van der Waals surface area contributed by atoms with Crippen molar-refractivity contribution in [2.45, 2.75) is 99.5 Å². The molecule has 5 saturated heterocycles. The van der Waals surface area contributed by atoms with Gasteiger partial charge in [-0.3, -0.25) is 34.1 Å². The second kappa shape index (κ2) is 14.5. The maximum absolute atomic E-state index is 14.5. The number of benzene rings is 1. The van der Waals surface area contributed by atoms with Crippen LogP contribution in [0, 0.1) is 5.92 Å². The molecule has 2 N–H and O–H groups in total. The van der Waals surface area contributed by atoms with Gasteiger partial charge < -0.3 is 24.8 Å². The van der Waals surface area contributed by atoms with Gasteiger partial charge in [0.25, 0.3) is 18.2 Å². The Hall–Kier alpha value is -5.14. The predicted octanol–water partition coefficient (Wildman–Crippen LogP) is 3.98. The first-order valence-electron chi connectivity index (χ1n) is 21.0. The topological polar surface area (TPSA) is 163 Å². The highest BCUT2D eigenvalue weighted by Gasteiger charge is 2.47. The normalized spacial score (nSPS) is 30.1. The molecule has 6 fully saturated rings. The van der Waals surface area contributed by atoms with Crippen LogP contribution in [0.1, 0.15) is 101 Å². The third-order valence-corrected chi connectivity index (χ3v) is 14.5. The summed E-state index contributed by atoms with van der Waals surface area (Å²) in [5.74, 6) is -0.637. The number of rotatable bonds is 9. The van der Waals surface area contributed by atoms with Crippen LogP contribution in [0.4, 0.5) is 26.0 Å². The number of alkyl halides is 2. The smallest absolute Gasteiger partial charge is 0.284 e. The van der Waals surface area contributed by atoms with Crippen molar-refractivity contribution in [2.24, 2.45) is 5.92 Å². The number of ether oxygens (including phenoxy) is 1. The van der Waals surface area contributed by atoms with Crippen LogP contribution in [-0.2, 0) is 14.3 Å². The van der Waals surface area contributed by atoms with Crippen LogP contribution in [0.25, 0.3) is 5.65 Å². The Morgan fingerprint density at radius 3 is 2.57 bits per heavy atom. The summed E-state index contributed by atoms with van der Waals surface area (Å²) < 4.78 is 37.8. The number of nitrogens with zero attached hydrogens (tertiary/aromatic N) is 9. The number of aromatic nitrogens is 5. The van der Waals surface area contributed by atoms with Crippen LogP contribution >= 0.6 is 12.6 Å². The number of piperidine rings is 1. The quantitative estimate of drug-likeness (QED) is 0.165. The highest BCUT2D eigenvalue weighted by atomic mass is 32.1. The van der Waals surface area contributed by atoms with Gasteiger partial charge in [-0.2, -0.15) is 5.10 Å². The van der Waals surface area contributed by atoms with E-state index in [1.54, 1.807) is 33.9 Å². The summed E-state index contributed by atoms with van der Waals surface area (Å²) in [5.41, 5.74) is 2.45. The van der Waals surface area contributed by atoms with E-state index in [1.165, 1.54) is 4.90 Å². The molecular formula is C41H45F2N11O5S. The number of likely N-dealkylation sites (tertiary alicyclic amines) is 1. The van der Waals surface area contributed by atoms with Crippen molar-refractivity contribution >= 4 is 59.1 Å². The Morgan fingerprint density at radius 2 is 1.83 bits per heavy atom. The van der Waals surface area contributed by atoms with Crippen molar-refractivity contribution in [3.63, 3.8) is 0 Å². The predicted molar refractivity (Wildman–Crippen MR) is 216 cm³/mol. The fourth-order valence-electron chi connectivity index (χ4n) is 11.0. The van der Waals surface area contributed by atoms with Gasteiger partial charge in [-0.25, -0.2) is 18.3 Å². The summed E-state index contributed by atoms with van der Waals surface area (Å²) in [6.07, 6.45) is 7.87. The highest BCUT2D eigenvalue weighted by Crippen LogP contribution is 2.44. The molecule has 4 aromatic rings. The van der Waals surface area contributed by atoms with Gasteiger partial charge in [0.15, 0.2) is 17.2 Å². The first-order chi connectivity index (χ1) is 29.1. The Balaban J connectivity index is 0.718. The minimum atomic E-state index is -2.87. The Morgan fingerprint density at radius 1 is 0.983 bits per heavy atom. The Bertz CT molecular complexity index is 2420. The summed E-state index contributed by atoms with van der Waals surface area (Å²) in [5, 5.41) is 13.6. The van der Waals surface area contributed by atoms with Crippen LogP contribution in [0.2, 0.25) is 0 Å².